The van der Waals surface area contributed by atoms with Crippen molar-refractivity contribution < 1.29 is 9.59 Å². The number of guanidine groups is 1. The third-order valence-corrected chi connectivity index (χ3v) is 4.44. The summed E-state index contributed by atoms with van der Waals surface area (Å²) in [5.74, 6) is 1.03. The zero-order valence-corrected chi connectivity index (χ0v) is 16.6. The number of amides is 2. The van der Waals surface area contributed by atoms with Gasteiger partial charge in [-0.05, 0) is 37.5 Å². The van der Waals surface area contributed by atoms with Crippen molar-refractivity contribution in [1.82, 2.24) is 20.4 Å². The van der Waals surface area contributed by atoms with Gasteiger partial charge in [-0.25, -0.2) is 4.99 Å². The molecule has 0 unspecified atom stereocenters. The lowest BCUT2D eigenvalue weighted by atomic mass is 10.1. The van der Waals surface area contributed by atoms with E-state index in [-0.39, 0.29) is 11.8 Å². The summed E-state index contributed by atoms with van der Waals surface area (Å²) in [6.07, 6.45) is 2.57. The van der Waals surface area contributed by atoms with Crippen LogP contribution in [0, 0.1) is 0 Å². The van der Waals surface area contributed by atoms with E-state index >= 15 is 0 Å². The van der Waals surface area contributed by atoms with Crippen LogP contribution in [0.4, 0.5) is 0 Å². The molecule has 1 aliphatic heterocycles. The van der Waals surface area contributed by atoms with E-state index < -0.39 is 0 Å². The molecule has 1 aromatic rings. The second-order valence-corrected chi connectivity index (χ2v) is 6.86. The summed E-state index contributed by atoms with van der Waals surface area (Å²) in [4.78, 5) is 31.6. The summed E-state index contributed by atoms with van der Waals surface area (Å²) in [5.41, 5.74) is 1.72. The van der Waals surface area contributed by atoms with Crippen molar-refractivity contribution in [3.63, 3.8) is 0 Å². The largest absolute Gasteiger partial charge is 0.357 e. The average molecular weight is 374 g/mol. The van der Waals surface area contributed by atoms with Crippen molar-refractivity contribution in [2.24, 2.45) is 4.99 Å². The highest BCUT2D eigenvalue weighted by molar-refractivity contribution is 5.93. The predicted octanol–water partition coefficient (Wildman–Crippen LogP) is 1.46. The van der Waals surface area contributed by atoms with E-state index in [4.69, 9.17) is 0 Å². The summed E-state index contributed by atoms with van der Waals surface area (Å²) in [6, 6.07) is 7.53. The van der Waals surface area contributed by atoms with Gasteiger partial charge in [-0.2, -0.15) is 0 Å². The van der Waals surface area contributed by atoms with Gasteiger partial charge in [0.1, 0.15) is 0 Å². The summed E-state index contributed by atoms with van der Waals surface area (Å²) in [7, 11) is 3.49. The van der Waals surface area contributed by atoms with Crippen LogP contribution in [0.3, 0.4) is 0 Å². The molecule has 2 rings (SSSR count). The Balaban J connectivity index is 1.81. The molecular weight excluding hydrogens is 342 g/mol. The number of nitrogens with zero attached hydrogens (tertiary/aromatic N) is 3. The molecule has 1 aliphatic rings. The zero-order valence-electron chi connectivity index (χ0n) is 16.6. The molecule has 0 aromatic heterocycles. The molecule has 0 bridgehead atoms. The molecule has 0 saturated carbocycles. The lowest BCUT2D eigenvalue weighted by Crippen LogP contribution is -2.39. The van der Waals surface area contributed by atoms with E-state index in [1.807, 2.05) is 36.1 Å². The first-order valence-corrected chi connectivity index (χ1v) is 9.61. The molecule has 0 atom stereocenters. The number of rotatable bonds is 8. The van der Waals surface area contributed by atoms with E-state index in [1.165, 1.54) is 0 Å². The van der Waals surface area contributed by atoms with Crippen LogP contribution in [0.15, 0.2) is 29.3 Å². The maximum atomic E-state index is 11.9. The van der Waals surface area contributed by atoms with Gasteiger partial charge in [0.05, 0.1) is 6.54 Å². The Kier molecular flexibility index (Phi) is 8.10. The second-order valence-electron chi connectivity index (χ2n) is 6.86. The number of likely N-dealkylation sites (tertiary alicyclic amines) is 1. The van der Waals surface area contributed by atoms with E-state index in [1.54, 1.807) is 19.0 Å². The highest BCUT2D eigenvalue weighted by Crippen LogP contribution is 2.09. The number of aliphatic imine (C=N–C) groups is 1. The molecule has 2 amide bonds. The Morgan fingerprint density at radius 3 is 2.56 bits per heavy atom. The highest BCUT2D eigenvalue weighted by Gasteiger charge is 2.18. The third-order valence-electron chi connectivity index (χ3n) is 4.44. The van der Waals surface area contributed by atoms with Crippen molar-refractivity contribution >= 4 is 17.8 Å². The smallest absolute Gasteiger partial charge is 0.253 e. The van der Waals surface area contributed by atoms with Crippen LogP contribution < -0.4 is 10.6 Å². The van der Waals surface area contributed by atoms with E-state index in [9.17, 15) is 9.59 Å². The maximum absolute atomic E-state index is 11.9. The van der Waals surface area contributed by atoms with Gasteiger partial charge in [-0.3, -0.25) is 9.59 Å². The zero-order chi connectivity index (χ0) is 19.6. The number of carbonyl (C=O) groups excluding carboxylic acids is 2. The fraction of sp³-hybridized carbons (Fsp3) is 0.550. The van der Waals surface area contributed by atoms with E-state index in [0.717, 1.165) is 50.5 Å². The summed E-state index contributed by atoms with van der Waals surface area (Å²) < 4.78 is 0. The minimum Gasteiger partial charge on any atom is -0.357 e. The monoisotopic (exact) mass is 373 g/mol. The molecule has 2 N–H and O–H groups in total. The van der Waals surface area contributed by atoms with Crippen LogP contribution in [0.1, 0.15) is 42.1 Å². The van der Waals surface area contributed by atoms with Crippen molar-refractivity contribution in [3.8, 4) is 0 Å². The second kappa shape index (κ2) is 10.5. The first kappa shape index (κ1) is 20.7. The van der Waals surface area contributed by atoms with Gasteiger partial charge in [0.15, 0.2) is 5.96 Å². The molecule has 7 heteroatoms. The molecule has 0 spiro atoms. The minimum absolute atomic E-state index is 0.00320. The van der Waals surface area contributed by atoms with Crippen LogP contribution in [-0.4, -0.2) is 67.8 Å². The maximum Gasteiger partial charge on any atom is 0.253 e. The molecule has 148 valence electrons. The number of hydrogen-bond donors (Lipinski definition) is 2. The van der Waals surface area contributed by atoms with Gasteiger partial charge < -0.3 is 20.4 Å². The summed E-state index contributed by atoms with van der Waals surface area (Å²) in [5, 5.41) is 6.55. The van der Waals surface area contributed by atoms with Crippen molar-refractivity contribution in [3.05, 3.63) is 35.4 Å². The van der Waals surface area contributed by atoms with Crippen molar-refractivity contribution in [2.75, 3.05) is 40.3 Å². The van der Waals surface area contributed by atoms with Crippen molar-refractivity contribution in [1.29, 1.82) is 0 Å². The van der Waals surface area contributed by atoms with E-state index in [2.05, 4.69) is 15.6 Å². The Labute approximate surface area is 161 Å². The van der Waals surface area contributed by atoms with Crippen LogP contribution in [0.25, 0.3) is 0 Å². The van der Waals surface area contributed by atoms with Gasteiger partial charge in [0.25, 0.3) is 5.91 Å². The minimum atomic E-state index is -0.00320. The van der Waals surface area contributed by atoms with Crippen molar-refractivity contribution in [2.45, 2.75) is 32.7 Å². The molecule has 1 fully saturated rings. The summed E-state index contributed by atoms with van der Waals surface area (Å²) >= 11 is 0. The molecule has 1 saturated heterocycles. The third kappa shape index (κ3) is 6.58. The Morgan fingerprint density at radius 1 is 1.22 bits per heavy atom. The molecule has 7 nitrogen and oxygen atoms in total. The Morgan fingerprint density at radius 2 is 1.96 bits per heavy atom. The molecule has 1 aromatic carbocycles. The fourth-order valence-corrected chi connectivity index (χ4v) is 2.94. The predicted molar refractivity (Wildman–Crippen MR) is 108 cm³/mol. The Bertz CT molecular complexity index is 655. The topological polar surface area (TPSA) is 77.0 Å². The summed E-state index contributed by atoms with van der Waals surface area (Å²) in [6.45, 7) is 5.81. The molecule has 1 heterocycles. The number of nitrogens with one attached hydrogen (secondary N) is 2. The number of carbonyl (C=O) groups is 2. The first-order chi connectivity index (χ1) is 13.0. The average Bonchev–Trinajstić information content (AvgIpc) is 3.07. The van der Waals surface area contributed by atoms with Gasteiger partial charge in [-0.15, -0.1) is 0 Å². The Hall–Kier alpha value is -2.57. The quantitative estimate of drug-likeness (QED) is 0.411. The lowest BCUT2D eigenvalue weighted by Gasteiger charge is -2.16. The highest BCUT2D eigenvalue weighted by atomic mass is 16.2. The number of benzene rings is 1. The molecule has 0 aliphatic carbocycles. The van der Waals surface area contributed by atoms with Gasteiger partial charge in [-0.1, -0.05) is 12.1 Å². The SMILES string of the molecule is CCNC(=NCc1ccc(C(=O)N(C)C)cc1)NCCCN1CCCC1=O. The van der Waals surface area contributed by atoms with Crippen LogP contribution in [0.2, 0.25) is 0 Å². The van der Waals surface area contributed by atoms with Crippen LogP contribution >= 0.6 is 0 Å². The van der Waals surface area contributed by atoms with Gasteiger partial charge in [0.2, 0.25) is 5.91 Å². The van der Waals surface area contributed by atoms with Crippen LogP contribution in [-0.2, 0) is 11.3 Å². The molecular formula is C20H31N5O2. The van der Waals surface area contributed by atoms with Gasteiger partial charge >= 0.3 is 0 Å². The molecule has 0 radical (unpaired) electrons. The first-order valence-electron chi connectivity index (χ1n) is 9.61. The van der Waals surface area contributed by atoms with Crippen LogP contribution in [0.5, 0.6) is 0 Å². The fourth-order valence-electron chi connectivity index (χ4n) is 2.94. The normalized spacial score (nSPS) is 14.4. The molecule has 27 heavy (non-hydrogen) atoms. The lowest BCUT2D eigenvalue weighted by molar-refractivity contribution is -0.127. The standard InChI is InChI=1S/C20H31N5O2/c1-4-21-20(22-12-6-14-25-13-5-7-18(25)26)23-15-16-8-10-17(11-9-16)19(27)24(2)3/h8-11H,4-7,12-15H2,1-3H3,(H2,21,22,23). The van der Waals surface area contributed by atoms with E-state index in [0.29, 0.717) is 18.5 Å². The number of hydrogen-bond acceptors (Lipinski definition) is 3. The van der Waals surface area contributed by atoms with Gasteiger partial charge in [0, 0.05) is 52.3 Å².